The van der Waals surface area contributed by atoms with Crippen LogP contribution in [-0.2, 0) is 16.6 Å². The lowest BCUT2D eigenvalue weighted by Crippen LogP contribution is -2.30. The second kappa shape index (κ2) is 8.26. The minimum absolute atomic E-state index is 0.273. The summed E-state index contributed by atoms with van der Waals surface area (Å²) in [6.45, 7) is 6.06. The molecule has 19 heavy (non-hydrogen) atoms. The van der Waals surface area contributed by atoms with Gasteiger partial charge in [-0.1, -0.05) is 13.8 Å². The topological polar surface area (TPSA) is 58.2 Å². The molecule has 0 aliphatic carbocycles. The van der Waals surface area contributed by atoms with Crippen molar-refractivity contribution in [2.75, 3.05) is 19.3 Å². The monoisotopic (exact) mass is 322 g/mol. The SMILES string of the molecule is CCCNCc1sccc1S(=O)(=O)NCC(C)SC. The lowest BCUT2D eigenvalue weighted by molar-refractivity contribution is 0.579. The van der Waals surface area contributed by atoms with E-state index in [1.807, 2.05) is 18.6 Å². The Morgan fingerprint density at radius 1 is 1.47 bits per heavy atom. The normalized spacial score (nSPS) is 13.6. The fourth-order valence-electron chi connectivity index (χ4n) is 1.46. The molecule has 1 rings (SSSR count). The average Bonchev–Trinajstić information content (AvgIpc) is 2.85. The first-order valence-electron chi connectivity index (χ1n) is 6.30. The van der Waals surface area contributed by atoms with E-state index in [-0.39, 0.29) is 5.25 Å². The van der Waals surface area contributed by atoms with Crippen LogP contribution >= 0.6 is 23.1 Å². The summed E-state index contributed by atoms with van der Waals surface area (Å²) in [6.07, 6.45) is 3.01. The van der Waals surface area contributed by atoms with E-state index in [9.17, 15) is 8.42 Å². The first-order chi connectivity index (χ1) is 9.01. The average molecular weight is 323 g/mol. The first-order valence-corrected chi connectivity index (χ1v) is 9.96. The Kier molecular flexibility index (Phi) is 7.38. The van der Waals surface area contributed by atoms with E-state index in [4.69, 9.17) is 0 Å². The van der Waals surface area contributed by atoms with Crippen molar-refractivity contribution in [1.29, 1.82) is 0 Å². The third kappa shape index (κ3) is 5.43. The van der Waals surface area contributed by atoms with Crippen molar-refractivity contribution >= 4 is 33.1 Å². The smallest absolute Gasteiger partial charge is 0.241 e. The van der Waals surface area contributed by atoms with Gasteiger partial charge >= 0.3 is 0 Å². The van der Waals surface area contributed by atoms with Gasteiger partial charge in [-0.25, -0.2) is 13.1 Å². The van der Waals surface area contributed by atoms with Crippen LogP contribution in [0.5, 0.6) is 0 Å². The van der Waals surface area contributed by atoms with Gasteiger partial charge in [-0.2, -0.15) is 11.8 Å². The molecule has 0 amide bonds. The number of thiophene rings is 1. The predicted octanol–water partition coefficient (Wildman–Crippen LogP) is 2.28. The zero-order valence-corrected chi connectivity index (χ0v) is 14.1. The van der Waals surface area contributed by atoms with E-state index in [0.29, 0.717) is 18.0 Å². The fraction of sp³-hybridized carbons (Fsp3) is 0.667. The van der Waals surface area contributed by atoms with Crippen LogP contribution in [0.1, 0.15) is 25.1 Å². The van der Waals surface area contributed by atoms with Crippen LogP contribution in [-0.4, -0.2) is 33.0 Å². The summed E-state index contributed by atoms with van der Waals surface area (Å²) in [7, 11) is -3.38. The highest BCUT2D eigenvalue weighted by molar-refractivity contribution is 7.99. The van der Waals surface area contributed by atoms with Crippen LogP contribution in [0.25, 0.3) is 0 Å². The molecule has 0 aliphatic rings. The van der Waals surface area contributed by atoms with Crippen molar-refractivity contribution in [1.82, 2.24) is 10.0 Å². The zero-order chi connectivity index (χ0) is 14.3. The van der Waals surface area contributed by atoms with Crippen LogP contribution in [0, 0.1) is 0 Å². The minimum atomic E-state index is -3.38. The number of sulfonamides is 1. The highest BCUT2D eigenvalue weighted by atomic mass is 32.2. The molecule has 0 radical (unpaired) electrons. The molecule has 1 aromatic rings. The molecular weight excluding hydrogens is 300 g/mol. The molecule has 0 spiro atoms. The minimum Gasteiger partial charge on any atom is -0.312 e. The number of nitrogens with one attached hydrogen (secondary N) is 2. The lowest BCUT2D eigenvalue weighted by atomic mass is 10.4. The third-order valence-corrected chi connectivity index (χ3v) is 6.20. The first kappa shape index (κ1) is 17.0. The highest BCUT2D eigenvalue weighted by Crippen LogP contribution is 2.21. The number of thioether (sulfide) groups is 1. The van der Waals surface area contributed by atoms with Crippen molar-refractivity contribution < 1.29 is 8.42 Å². The summed E-state index contributed by atoms with van der Waals surface area (Å²) < 4.78 is 27.1. The van der Waals surface area contributed by atoms with Crippen molar-refractivity contribution in [3.8, 4) is 0 Å². The van der Waals surface area contributed by atoms with Crippen molar-refractivity contribution in [3.05, 3.63) is 16.3 Å². The van der Waals surface area contributed by atoms with Gasteiger partial charge in [-0.3, -0.25) is 0 Å². The molecule has 2 N–H and O–H groups in total. The molecule has 7 heteroatoms. The van der Waals surface area contributed by atoms with E-state index in [1.165, 1.54) is 11.3 Å². The molecule has 1 unspecified atom stereocenters. The second-order valence-electron chi connectivity index (χ2n) is 4.28. The van der Waals surface area contributed by atoms with Gasteiger partial charge in [-0.05, 0) is 30.7 Å². The summed E-state index contributed by atoms with van der Waals surface area (Å²) in [5.74, 6) is 0. The molecule has 0 bridgehead atoms. The quantitative estimate of drug-likeness (QED) is 0.685. The van der Waals surface area contributed by atoms with Crippen LogP contribution in [0.4, 0.5) is 0 Å². The van der Waals surface area contributed by atoms with Crippen LogP contribution in [0.2, 0.25) is 0 Å². The van der Waals surface area contributed by atoms with E-state index in [2.05, 4.69) is 17.0 Å². The maximum atomic E-state index is 12.2. The van der Waals surface area contributed by atoms with Gasteiger partial charge in [0.25, 0.3) is 0 Å². The molecular formula is C12H22N2O2S3. The molecule has 0 saturated heterocycles. The summed E-state index contributed by atoms with van der Waals surface area (Å²) in [5, 5.41) is 5.34. The van der Waals surface area contributed by atoms with Gasteiger partial charge in [0.05, 0.1) is 4.90 Å². The Morgan fingerprint density at radius 3 is 2.84 bits per heavy atom. The predicted molar refractivity (Wildman–Crippen MR) is 84.5 cm³/mol. The number of hydrogen-bond donors (Lipinski definition) is 2. The van der Waals surface area contributed by atoms with E-state index in [1.54, 1.807) is 17.8 Å². The Morgan fingerprint density at radius 2 is 2.21 bits per heavy atom. The van der Waals surface area contributed by atoms with Gasteiger partial charge in [0.15, 0.2) is 0 Å². The fourth-order valence-corrected chi connectivity index (χ4v) is 4.36. The molecule has 1 heterocycles. The van der Waals surface area contributed by atoms with Gasteiger partial charge in [0.2, 0.25) is 10.0 Å². The largest absolute Gasteiger partial charge is 0.312 e. The van der Waals surface area contributed by atoms with Crippen LogP contribution in [0.3, 0.4) is 0 Å². The lowest BCUT2D eigenvalue weighted by Gasteiger charge is -2.11. The molecule has 4 nitrogen and oxygen atoms in total. The number of hydrogen-bond acceptors (Lipinski definition) is 5. The molecule has 1 aromatic heterocycles. The number of rotatable bonds is 9. The summed E-state index contributed by atoms with van der Waals surface area (Å²) in [4.78, 5) is 1.28. The molecule has 0 aliphatic heterocycles. The third-order valence-electron chi connectivity index (χ3n) is 2.67. The van der Waals surface area contributed by atoms with Gasteiger partial charge in [0, 0.05) is 23.2 Å². The molecule has 0 aromatic carbocycles. The summed E-state index contributed by atoms with van der Waals surface area (Å²) in [5.41, 5.74) is 0. The Labute approximate surface area is 124 Å². The zero-order valence-electron chi connectivity index (χ0n) is 11.6. The second-order valence-corrected chi connectivity index (χ2v) is 8.30. The van der Waals surface area contributed by atoms with E-state index in [0.717, 1.165) is 17.8 Å². The van der Waals surface area contributed by atoms with E-state index >= 15 is 0 Å². The Bertz CT molecular complexity index is 471. The highest BCUT2D eigenvalue weighted by Gasteiger charge is 2.19. The van der Waals surface area contributed by atoms with Gasteiger partial charge in [-0.15, -0.1) is 11.3 Å². The van der Waals surface area contributed by atoms with Crippen LogP contribution < -0.4 is 10.0 Å². The summed E-state index contributed by atoms with van der Waals surface area (Å²) >= 11 is 3.13. The standard InChI is InChI=1S/C12H22N2O2S3/c1-4-6-13-9-11-12(5-7-18-11)19(15,16)14-8-10(2)17-3/h5,7,10,13-14H,4,6,8-9H2,1-3H3. The molecule has 0 fully saturated rings. The van der Waals surface area contributed by atoms with Gasteiger partial charge in [0.1, 0.15) is 0 Å². The maximum Gasteiger partial charge on any atom is 0.241 e. The maximum absolute atomic E-state index is 12.2. The van der Waals surface area contributed by atoms with Crippen LogP contribution in [0.15, 0.2) is 16.3 Å². The Hall–Kier alpha value is -0.0800. The van der Waals surface area contributed by atoms with Crippen molar-refractivity contribution in [3.63, 3.8) is 0 Å². The van der Waals surface area contributed by atoms with Crippen molar-refractivity contribution in [2.24, 2.45) is 0 Å². The van der Waals surface area contributed by atoms with Gasteiger partial charge < -0.3 is 5.32 Å². The summed E-state index contributed by atoms with van der Waals surface area (Å²) in [6, 6.07) is 1.68. The van der Waals surface area contributed by atoms with E-state index < -0.39 is 10.0 Å². The molecule has 110 valence electrons. The molecule has 1 atom stereocenters. The molecule has 0 saturated carbocycles. The van der Waals surface area contributed by atoms with Crippen molar-refractivity contribution in [2.45, 2.75) is 37.0 Å². The Balaban J connectivity index is 2.70.